The predicted octanol–water partition coefficient (Wildman–Crippen LogP) is 3.44. The van der Waals surface area contributed by atoms with Gasteiger partial charge in [0.1, 0.15) is 6.54 Å². The number of carbonyl (C=O) groups excluding carboxylic acids is 1. The quantitative estimate of drug-likeness (QED) is 0.418. The predicted molar refractivity (Wildman–Crippen MR) is 98.4 cm³/mol. The van der Waals surface area contributed by atoms with Gasteiger partial charge < -0.3 is 10.0 Å². The van der Waals surface area contributed by atoms with Gasteiger partial charge in [-0.05, 0) is 86.3 Å². The van der Waals surface area contributed by atoms with Gasteiger partial charge in [-0.25, -0.2) is 0 Å². The van der Waals surface area contributed by atoms with Crippen molar-refractivity contribution in [3.63, 3.8) is 0 Å². The van der Waals surface area contributed by atoms with E-state index in [1.54, 1.807) is 6.07 Å². The number of benzene rings is 1. The van der Waals surface area contributed by atoms with Crippen LogP contribution in [0.4, 0.5) is 0 Å². The Hall–Kier alpha value is 0.350. The van der Waals surface area contributed by atoms with Gasteiger partial charge in [0.25, 0.3) is 5.91 Å². The van der Waals surface area contributed by atoms with Crippen molar-refractivity contribution in [2.45, 2.75) is 13.3 Å². The number of amides is 1. The van der Waals surface area contributed by atoms with E-state index in [4.69, 9.17) is 5.11 Å². The van der Waals surface area contributed by atoms with Crippen LogP contribution in [0.3, 0.4) is 0 Å². The molecule has 0 atom stereocenters. The van der Waals surface area contributed by atoms with E-state index in [0.29, 0.717) is 12.1 Å². The molecule has 19 heavy (non-hydrogen) atoms. The van der Waals surface area contributed by atoms with Crippen LogP contribution in [0.25, 0.3) is 0 Å². The van der Waals surface area contributed by atoms with Gasteiger partial charge in [0.15, 0.2) is 0 Å². The Morgan fingerprint density at radius 2 is 1.89 bits per heavy atom. The van der Waals surface area contributed by atoms with Crippen molar-refractivity contribution in [2.75, 3.05) is 13.1 Å². The molecule has 7 heteroatoms. The fourth-order valence-electron chi connectivity index (χ4n) is 1.57. The summed E-state index contributed by atoms with van der Waals surface area (Å²) in [5.41, 5.74) is 0.576. The SMILES string of the molecule is CCCN(CC(=O)O)C(=O)c1cc(I)cc(I)c1I. The molecule has 0 aromatic heterocycles. The van der Waals surface area contributed by atoms with Gasteiger partial charge in [-0.2, -0.15) is 0 Å². The van der Waals surface area contributed by atoms with E-state index in [-0.39, 0.29) is 12.5 Å². The van der Waals surface area contributed by atoms with Crippen LogP contribution in [0.15, 0.2) is 12.1 Å². The highest BCUT2D eigenvalue weighted by Crippen LogP contribution is 2.24. The van der Waals surface area contributed by atoms with Gasteiger partial charge in [-0.15, -0.1) is 0 Å². The third-order valence-electron chi connectivity index (χ3n) is 2.33. The molecular weight excluding hydrogens is 587 g/mol. The van der Waals surface area contributed by atoms with Gasteiger partial charge in [-0.3, -0.25) is 9.59 Å². The van der Waals surface area contributed by atoms with Gasteiger partial charge in [0.2, 0.25) is 0 Å². The first kappa shape index (κ1) is 17.4. The summed E-state index contributed by atoms with van der Waals surface area (Å²) in [6.07, 6.45) is 0.733. The monoisotopic (exact) mass is 599 g/mol. The van der Waals surface area contributed by atoms with Crippen molar-refractivity contribution in [1.29, 1.82) is 0 Å². The Bertz CT molecular complexity index is 505. The molecule has 0 aliphatic heterocycles. The van der Waals surface area contributed by atoms with Gasteiger partial charge in [0, 0.05) is 17.3 Å². The van der Waals surface area contributed by atoms with Crippen LogP contribution in [0.5, 0.6) is 0 Å². The Morgan fingerprint density at radius 3 is 2.42 bits per heavy atom. The summed E-state index contributed by atoms with van der Waals surface area (Å²) in [5.74, 6) is -1.21. The molecule has 0 unspecified atom stereocenters. The number of carboxylic acid groups (broad SMARTS) is 1. The lowest BCUT2D eigenvalue weighted by atomic mass is 10.2. The van der Waals surface area contributed by atoms with Gasteiger partial charge in [0.05, 0.1) is 5.56 Å². The van der Waals surface area contributed by atoms with E-state index in [2.05, 4.69) is 67.8 Å². The van der Waals surface area contributed by atoms with Crippen molar-refractivity contribution in [2.24, 2.45) is 0 Å². The highest BCUT2D eigenvalue weighted by molar-refractivity contribution is 14.1. The maximum atomic E-state index is 12.4. The van der Waals surface area contributed by atoms with Crippen LogP contribution >= 0.6 is 67.8 Å². The largest absolute Gasteiger partial charge is 0.480 e. The summed E-state index contributed by atoms with van der Waals surface area (Å²) < 4.78 is 2.84. The lowest BCUT2D eigenvalue weighted by Crippen LogP contribution is -2.36. The first-order valence-corrected chi connectivity index (χ1v) is 8.76. The second kappa shape index (κ2) is 7.96. The summed E-state index contributed by atoms with van der Waals surface area (Å²) in [6, 6.07) is 3.79. The number of halogens is 3. The lowest BCUT2D eigenvalue weighted by Gasteiger charge is -2.21. The molecule has 1 aromatic carbocycles. The van der Waals surface area contributed by atoms with E-state index in [1.807, 2.05) is 13.0 Å². The van der Waals surface area contributed by atoms with E-state index in [0.717, 1.165) is 17.1 Å². The maximum absolute atomic E-state index is 12.4. The van der Waals surface area contributed by atoms with Crippen molar-refractivity contribution >= 4 is 79.6 Å². The van der Waals surface area contributed by atoms with Crippen LogP contribution in [0.1, 0.15) is 23.7 Å². The van der Waals surface area contributed by atoms with Crippen molar-refractivity contribution in [3.8, 4) is 0 Å². The molecule has 0 saturated heterocycles. The average Bonchev–Trinajstić information content (AvgIpc) is 2.32. The smallest absolute Gasteiger partial charge is 0.323 e. The first-order valence-electron chi connectivity index (χ1n) is 5.52. The van der Waals surface area contributed by atoms with Crippen molar-refractivity contribution in [1.82, 2.24) is 4.90 Å². The minimum absolute atomic E-state index is 0.218. The molecular formula is C12H12I3NO3. The molecule has 4 nitrogen and oxygen atoms in total. The van der Waals surface area contributed by atoms with E-state index < -0.39 is 5.97 Å². The number of carboxylic acids is 1. The molecule has 0 spiro atoms. The number of aliphatic carboxylic acids is 1. The topological polar surface area (TPSA) is 57.6 Å². The highest BCUT2D eigenvalue weighted by atomic mass is 127. The van der Waals surface area contributed by atoms with E-state index >= 15 is 0 Å². The van der Waals surface area contributed by atoms with Gasteiger partial charge in [-0.1, -0.05) is 6.92 Å². The highest BCUT2D eigenvalue weighted by Gasteiger charge is 2.21. The standard InChI is InChI=1S/C12H12I3NO3/c1-2-3-16(6-10(17)18)12(19)8-4-7(13)5-9(14)11(8)15/h4-5H,2-3,6H2,1H3,(H,17,18). The molecule has 0 heterocycles. The molecule has 0 fully saturated rings. The number of nitrogens with zero attached hydrogens (tertiary/aromatic N) is 1. The molecule has 1 aromatic rings. The normalized spacial score (nSPS) is 10.3. The summed E-state index contributed by atoms with van der Waals surface area (Å²) in [7, 11) is 0. The van der Waals surface area contributed by atoms with E-state index in [1.165, 1.54) is 4.90 Å². The molecule has 1 rings (SSSR count). The maximum Gasteiger partial charge on any atom is 0.323 e. The van der Waals surface area contributed by atoms with Crippen LogP contribution in [0.2, 0.25) is 0 Å². The molecule has 1 N–H and O–H groups in total. The third-order valence-corrected chi connectivity index (χ3v) is 6.00. The van der Waals surface area contributed by atoms with Gasteiger partial charge >= 0.3 is 5.97 Å². The first-order chi connectivity index (χ1) is 8.86. The Balaban J connectivity index is 3.12. The zero-order chi connectivity index (χ0) is 14.6. The molecule has 1 amide bonds. The van der Waals surface area contributed by atoms with Crippen molar-refractivity contribution in [3.05, 3.63) is 28.4 Å². The Labute approximate surface area is 152 Å². The lowest BCUT2D eigenvalue weighted by molar-refractivity contribution is -0.137. The van der Waals surface area contributed by atoms with Crippen LogP contribution in [-0.2, 0) is 4.79 Å². The molecule has 0 bridgehead atoms. The summed E-state index contributed by atoms with van der Waals surface area (Å²) in [5, 5.41) is 8.89. The molecule has 0 aliphatic carbocycles. The minimum atomic E-state index is -0.989. The number of carbonyl (C=O) groups is 2. The van der Waals surface area contributed by atoms with Crippen LogP contribution < -0.4 is 0 Å². The minimum Gasteiger partial charge on any atom is -0.480 e. The van der Waals surface area contributed by atoms with Crippen LogP contribution in [0, 0.1) is 10.7 Å². The van der Waals surface area contributed by atoms with E-state index in [9.17, 15) is 9.59 Å². The van der Waals surface area contributed by atoms with Crippen LogP contribution in [-0.4, -0.2) is 35.0 Å². The fraction of sp³-hybridized carbons (Fsp3) is 0.333. The molecule has 104 valence electrons. The zero-order valence-electron chi connectivity index (χ0n) is 10.1. The Morgan fingerprint density at radius 1 is 1.26 bits per heavy atom. The summed E-state index contributed by atoms with van der Waals surface area (Å²) in [4.78, 5) is 24.7. The molecule has 0 aliphatic rings. The average molecular weight is 599 g/mol. The fourth-order valence-corrected chi connectivity index (χ4v) is 3.95. The molecule has 0 radical (unpaired) electrons. The second-order valence-corrected chi connectivity index (χ2v) is 7.36. The number of hydrogen-bond acceptors (Lipinski definition) is 2. The Kier molecular flexibility index (Phi) is 7.29. The second-order valence-electron chi connectivity index (χ2n) is 3.87. The number of hydrogen-bond donors (Lipinski definition) is 1. The number of rotatable bonds is 5. The zero-order valence-corrected chi connectivity index (χ0v) is 16.6. The summed E-state index contributed by atoms with van der Waals surface area (Å²) in [6.45, 7) is 2.11. The summed E-state index contributed by atoms with van der Waals surface area (Å²) >= 11 is 6.46. The molecule has 0 saturated carbocycles. The third kappa shape index (κ3) is 4.99. The van der Waals surface area contributed by atoms with Crippen molar-refractivity contribution < 1.29 is 14.7 Å².